The van der Waals surface area contributed by atoms with Gasteiger partial charge in [-0.2, -0.15) is 0 Å². The highest BCUT2D eigenvalue weighted by atomic mass is 79.9. The topological polar surface area (TPSA) is 42.0 Å². The molecule has 3 rings (SSSR count). The first kappa shape index (κ1) is 18.5. The van der Waals surface area contributed by atoms with Gasteiger partial charge in [0.25, 0.3) is 0 Å². The van der Waals surface area contributed by atoms with Gasteiger partial charge in [-0.05, 0) is 42.8 Å². The van der Waals surface area contributed by atoms with Crippen molar-refractivity contribution < 1.29 is 4.79 Å². The molecule has 0 aliphatic heterocycles. The van der Waals surface area contributed by atoms with Gasteiger partial charge in [0, 0.05) is 26.1 Å². The Morgan fingerprint density at radius 2 is 2.04 bits per heavy atom. The quantitative estimate of drug-likeness (QED) is 0.463. The molecule has 7 heteroatoms. The van der Waals surface area contributed by atoms with Crippen molar-refractivity contribution in [1.82, 2.24) is 4.98 Å². The SMILES string of the molecule is Cc1cc(NC(=O)CSc2nc(-c3ccc(Cl)cc3)cs2)ccc1Br. The summed E-state index contributed by atoms with van der Waals surface area (Å²) in [6.07, 6.45) is 0. The van der Waals surface area contributed by atoms with E-state index in [0.717, 1.165) is 31.3 Å². The van der Waals surface area contributed by atoms with Crippen LogP contribution in [0.2, 0.25) is 5.02 Å². The summed E-state index contributed by atoms with van der Waals surface area (Å²) in [4.78, 5) is 16.7. The van der Waals surface area contributed by atoms with Crippen LogP contribution in [-0.2, 0) is 4.79 Å². The van der Waals surface area contributed by atoms with Crippen LogP contribution in [0, 0.1) is 6.92 Å². The minimum Gasteiger partial charge on any atom is -0.325 e. The van der Waals surface area contributed by atoms with Gasteiger partial charge in [-0.15, -0.1) is 11.3 Å². The molecule has 0 saturated heterocycles. The molecular weight excluding hydrogens is 440 g/mol. The second-order valence-corrected chi connectivity index (χ2v) is 8.68. The molecule has 0 saturated carbocycles. The molecule has 3 aromatic rings. The van der Waals surface area contributed by atoms with Crippen LogP contribution in [0.4, 0.5) is 5.69 Å². The number of benzene rings is 2. The van der Waals surface area contributed by atoms with Gasteiger partial charge < -0.3 is 5.32 Å². The average Bonchev–Trinajstić information content (AvgIpc) is 3.06. The number of hydrogen-bond donors (Lipinski definition) is 1. The summed E-state index contributed by atoms with van der Waals surface area (Å²) in [7, 11) is 0. The summed E-state index contributed by atoms with van der Waals surface area (Å²) in [5.74, 6) is 0.276. The Hall–Kier alpha value is -1.34. The monoisotopic (exact) mass is 452 g/mol. The summed E-state index contributed by atoms with van der Waals surface area (Å²) in [6.45, 7) is 1.99. The Kier molecular flexibility index (Phi) is 6.17. The number of thioether (sulfide) groups is 1. The van der Waals surface area contributed by atoms with Crippen LogP contribution in [0.5, 0.6) is 0 Å². The van der Waals surface area contributed by atoms with E-state index < -0.39 is 0 Å². The third kappa shape index (κ3) is 5.07. The van der Waals surface area contributed by atoms with E-state index >= 15 is 0 Å². The summed E-state index contributed by atoms with van der Waals surface area (Å²) in [6, 6.07) is 13.3. The molecule has 0 aliphatic carbocycles. The number of thiazole rings is 1. The molecule has 0 atom stereocenters. The molecule has 0 fully saturated rings. The molecule has 1 heterocycles. The van der Waals surface area contributed by atoms with Crippen LogP contribution in [0.25, 0.3) is 11.3 Å². The molecule has 1 aromatic heterocycles. The summed E-state index contributed by atoms with van der Waals surface area (Å²) in [5.41, 5.74) is 3.79. The number of amides is 1. The number of hydrogen-bond acceptors (Lipinski definition) is 4. The molecule has 3 nitrogen and oxygen atoms in total. The predicted octanol–water partition coefficient (Wildman–Crippen LogP) is 6.27. The molecule has 0 aliphatic rings. The smallest absolute Gasteiger partial charge is 0.234 e. The standard InChI is InChI=1S/C18H14BrClN2OS2/c1-11-8-14(6-7-15(11)19)21-17(23)10-25-18-22-16(9-24-18)12-2-4-13(20)5-3-12/h2-9H,10H2,1H3,(H,21,23). The van der Waals surface area contributed by atoms with Gasteiger partial charge in [0.15, 0.2) is 4.34 Å². The molecule has 128 valence electrons. The fourth-order valence-corrected chi connectivity index (χ4v) is 4.13. The van der Waals surface area contributed by atoms with Crippen molar-refractivity contribution in [3.63, 3.8) is 0 Å². The third-order valence-electron chi connectivity index (χ3n) is 3.39. The Morgan fingerprint density at radius 1 is 1.28 bits per heavy atom. The molecule has 1 N–H and O–H groups in total. The first-order valence-corrected chi connectivity index (χ1v) is 10.4. The Balaban J connectivity index is 1.57. The zero-order chi connectivity index (χ0) is 17.8. The first-order valence-electron chi connectivity index (χ1n) is 7.41. The number of anilines is 1. The van der Waals surface area contributed by atoms with Crippen molar-refractivity contribution in [3.05, 3.63) is 62.9 Å². The number of nitrogens with zero attached hydrogens (tertiary/aromatic N) is 1. The van der Waals surface area contributed by atoms with E-state index in [1.165, 1.54) is 23.1 Å². The van der Waals surface area contributed by atoms with E-state index in [0.29, 0.717) is 10.8 Å². The highest BCUT2D eigenvalue weighted by Crippen LogP contribution is 2.29. The predicted molar refractivity (Wildman–Crippen MR) is 111 cm³/mol. The van der Waals surface area contributed by atoms with Crippen molar-refractivity contribution in [2.45, 2.75) is 11.3 Å². The van der Waals surface area contributed by atoms with Gasteiger partial charge >= 0.3 is 0 Å². The van der Waals surface area contributed by atoms with Gasteiger partial charge in [-0.3, -0.25) is 4.79 Å². The maximum Gasteiger partial charge on any atom is 0.234 e. The van der Waals surface area contributed by atoms with Gasteiger partial charge in [0.05, 0.1) is 11.4 Å². The average molecular weight is 454 g/mol. The van der Waals surface area contributed by atoms with E-state index in [2.05, 4.69) is 26.2 Å². The minimum absolute atomic E-state index is 0.0463. The second-order valence-electron chi connectivity index (χ2n) is 5.31. The zero-order valence-corrected chi connectivity index (χ0v) is 17.2. The number of carbonyl (C=O) groups excluding carboxylic acids is 1. The molecule has 2 aromatic carbocycles. The van der Waals surface area contributed by atoms with E-state index in [9.17, 15) is 4.79 Å². The van der Waals surface area contributed by atoms with E-state index in [-0.39, 0.29) is 5.91 Å². The van der Waals surface area contributed by atoms with Crippen LogP contribution < -0.4 is 5.32 Å². The zero-order valence-electron chi connectivity index (χ0n) is 13.3. The number of nitrogens with one attached hydrogen (secondary N) is 1. The summed E-state index contributed by atoms with van der Waals surface area (Å²) >= 11 is 12.3. The van der Waals surface area contributed by atoms with Crippen LogP contribution in [0.3, 0.4) is 0 Å². The maximum absolute atomic E-state index is 12.1. The highest BCUT2D eigenvalue weighted by molar-refractivity contribution is 9.10. The van der Waals surface area contributed by atoms with E-state index in [1.54, 1.807) is 0 Å². The van der Waals surface area contributed by atoms with Crippen LogP contribution in [-0.4, -0.2) is 16.6 Å². The molecule has 0 bridgehead atoms. The molecular formula is C18H14BrClN2OS2. The van der Waals surface area contributed by atoms with Gasteiger partial charge in [-0.25, -0.2) is 4.98 Å². The molecule has 0 unspecified atom stereocenters. The van der Waals surface area contributed by atoms with Crippen molar-refractivity contribution in [1.29, 1.82) is 0 Å². The van der Waals surface area contributed by atoms with E-state index in [4.69, 9.17) is 11.6 Å². The molecule has 1 amide bonds. The lowest BCUT2D eigenvalue weighted by Gasteiger charge is -2.06. The summed E-state index contributed by atoms with van der Waals surface area (Å²) in [5, 5.41) is 5.60. The largest absolute Gasteiger partial charge is 0.325 e. The number of carbonyl (C=O) groups is 1. The Morgan fingerprint density at radius 3 is 2.76 bits per heavy atom. The maximum atomic E-state index is 12.1. The van der Waals surface area contributed by atoms with Gasteiger partial charge in [-0.1, -0.05) is 51.4 Å². The Bertz CT molecular complexity index is 896. The van der Waals surface area contributed by atoms with Crippen LogP contribution >= 0.6 is 50.6 Å². The minimum atomic E-state index is -0.0463. The van der Waals surface area contributed by atoms with Crippen molar-refractivity contribution in [2.24, 2.45) is 0 Å². The van der Waals surface area contributed by atoms with E-state index in [1.807, 2.05) is 54.8 Å². The van der Waals surface area contributed by atoms with Gasteiger partial charge in [0.2, 0.25) is 5.91 Å². The van der Waals surface area contributed by atoms with Gasteiger partial charge in [0.1, 0.15) is 0 Å². The van der Waals surface area contributed by atoms with Crippen LogP contribution in [0.15, 0.2) is 56.7 Å². The first-order chi connectivity index (χ1) is 12.0. The lowest BCUT2D eigenvalue weighted by Crippen LogP contribution is -2.14. The molecule has 25 heavy (non-hydrogen) atoms. The highest BCUT2D eigenvalue weighted by Gasteiger charge is 2.09. The van der Waals surface area contributed by atoms with Crippen molar-refractivity contribution >= 4 is 62.2 Å². The number of rotatable bonds is 5. The lowest BCUT2D eigenvalue weighted by atomic mass is 10.2. The third-order valence-corrected chi connectivity index (χ3v) is 6.55. The fraction of sp³-hybridized carbons (Fsp3) is 0.111. The number of aryl methyl sites for hydroxylation is 1. The lowest BCUT2D eigenvalue weighted by molar-refractivity contribution is -0.113. The fourth-order valence-electron chi connectivity index (χ4n) is 2.12. The second kappa shape index (κ2) is 8.36. The van der Waals surface area contributed by atoms with Crippen LogP contribution in [0.1, 0.15) is 5.56 Å². The molecule has 0 spiro atoms. The number of aromatic nitrogens is 1. The van der Waals surface area contributed by atoms with Crippen molar-refractivity contribution in [3.8, 4) is 11.3 Å². The Labute approximate surface area is 168 Å². The summed E-state index contributed by atoms with van der Waals surface area (Å²) < 4.78 is 1.89. The molecule has 0 radical (unpaired) electrons. The normalized spacial score (nSPS) is 10.7. The van der Waals surface area contributed by atoms with Crippen molar-refractivity contribution in [2.75, 3.05) is 11.1 Å². The number of halogens is 2.